The summed E-state index contributed by atoms with van der Waals surface area (Å²) in [6.07, 6.45) is 9.10. The van der Waals surface area contributed by atoms with Gasteiger partial charge in [0.15, 0.2) is 0 Å². The van der Waals surface area contributed by atoms with Gasteiger partial charge in [-0.15, -0.1) is 0 Å². The molecule has 1 aliphatic rings. The van der Waals surface area contributed by atoms with Crippen LogP contribution < -0.4 is 0 Å². The summed E-state index contributed by atoms with van der Waals surface area (Å²) >= 11 is 0. The fourth-order valence-corrected chi connectivity index (χ4v) is 3.22. The number of carbonyl (C=O) groups is 1. The van der Waals surface area contributed by atoms with Crippen molar-refractivity contribution >= 4 is 12.0 Å². The second-order valence-electron chi connectivity index (χ2n) is 5.82. The third-order valence-corrected chi connectivity index (χ3v) is 4.52. The predicted octanol–water partition coefficient (Wildman–Crippen LogP) is 4.64. The SMILES string of the molecule is CCCCC(CC)CC1(C(=O)O)C=Cc2ccccc21. The average molecular weight is 272 g/mol. The molecule has 2 heteroatoms. The lowest BCUT2D eigenvalue weighted by Crippen LogP contribution is -2.34. The minimum absolute atomic E-state index is 0.474. The molecule has 0 heterocycles. The van der Waals surface area contributed by atoms with Crippen LogP contribution >= 0.6 is 0 Å². The molecule has 0 radical (unpaired) electrons. The van der Waals surface area contributed by atoms with Gasteiger partial charge in [-0.3, -0.25) is 4.79 Å². The minimum Gasteiger partial charge on any atom is -0.480 e. The quantitative estimate of drug-likeness (QED) is 0.785. The van der Waals surface area contributed by atoms with Crippen molar-refractivity contribution in [2.75, 3.05) is 0 Å². The molecule has 20 heavy (non-hydrogen) atoms. The third kappa shape index (κ3) is 2.65. The van der Waals surface area contributed by atoms with Gasteiger partial charge in [0.2, 0.25) is 0 Å². The van der Waals surface area contributed by atoms with Crippen molar-refractivity contribution < 1.29 is 9.90 Å². The molecule has 0 amide bonds. The van der Waals surface area contributed by atoms with Gasteiger partial charge in [0, 0.05) is 0 Å². The molecule has 0 aromatic heterocycles. The molecule has 2 unspecified atom stereocenters. The number of aliphatic carboxylic acids is 1. The lowest BCUT2D eigenvalue weighted by Gasteiger charge is -2.29. The van der Waals surface area contributed by atoms with E-state index in [1.165, 1.54) is 12.8 Å². The van der Waals surface area contributed by atoms with Crippen LogP contribution in [-0.2, 0) is 10.2 Å². The monoisotopic (exact) mass is 272 g/mol. The molecule has 2 atom stereocenters. The third-order valence-electron chi connectivity index (χ3n) is 4.52. The fourth-order valence-electron chi connectivity index (χ4n) is 3.22. The van der Waals surface area contributed by atoms with Crippen LogP contribution in [0.5, 0.6) is 0 Å². The van der Waals surface area contributed by atoms with Gasteiger partial charge in [-0.2, -0.15) is 0 Å². The maximum Gasteiger partial charge on any atom is 0.318 e. The highest BCUT2D eigenvalue weighted by atomic mass is 16.4. The van der Waals surface area contributed by atoms with E-state index in [1.807, 2.05) is 36.4 Å². The Morgan fingerprint density at radius 2 is 2.05 bits per heavy atom. The standard InChI is InChI=1S/C18H24O2/c1-3-5-8-14(4-2)13-18(17(19)20)12-11-15-9-6-7-10-16(15)18/h6-7,9-12,14H,3-5,8,13H2,1-2H3,(H,19,20). The van der Waals surface area contributed by atoms with Gasteiger partial charge in [0.1, 0.15) is 5.41 Å². The van der Waals surface area contributed by atoms with Gasteiger partial charge < -0.3 is 5.11 Å². The first-order valence-corrected chi connectivity index (χ1v) is 7.66. The van der Waals surface area contributed by atoms with Crippen molar-refractivity contribution in [2.24, 2.45) is 5.92 Å². The van der Waals surface area contributed by atoms with Crippen molar-refractivity contribution in [1.29, 1.82) is 0 Å². The normalized spacial score (nSPS) is 21.7. The molecule has 2 rings (SSSR count). The van der Waals surface area contributed by atoms with Gasteiger partial charge in [-0.05, 0) is 23.5 Å². The summed E-state index contributed by atoms with van der Waals surface area (Å²) < 4.78 is 0. The highest BCUT2D eigenvalue weighted by molar-refractivity contribution is 5.90. The van der Waals surface area contributed by atoms with Crippen LogP contribution in [0.15, 0.2) is 30.3 Å². The summed E-state index contributed by atoms with van der Waals surface area (Å²) in [5, 5.41) is 9.83. The second-order valence-corrected chi connectivity index (χ2v) is 5.82. The van der Waals surface area contributed by atoms with Crippen LogP contribution in [0.3, 0.4) is 0 Å². The molecule has 0 saturated carbocycles. The molecule has 1 aromatic rings. The van der Waals surface area contributed by atoms with Crippen molar-refractivity contribution in [2.45, 2.75) is 51.4 Å². The number of carboxylic acid groups (broad SMARTS) is 1. The van der Waals surface area contributed by atoms with Crippen LogP contribution in [0, 0.1) is 5.92 Å². The summed E-state index contributed by atoms with van der Waals surface area (Å²) in [7, 11) is 0. The maximum atomic E-state index is 12.0. The lowest BCUT2D eigenvalue weighted by atomic mass is 9.73. The number of benzene rings is 1. The Hall–Kier alpha value is -1.57. The minimum atomic E-state index is -0.814. The molecular weight excluding hydrogens is 248 g/mol. The van der Waals surface area contributed by atoms with E-state index in [0.29, 0.717) is 12.3 Å². The van der Waals surface area contributed by atoms with Crippen LogP contribution in [0.2, 0.25) is 0 Å². The highest BCUT2D eigenvalue weighted by Gasteiger charge is 2.43. The average Bonchev–Trinajstić information content (AvgIpc) is 2.84. The molecule has 1 aliphatic carbocycles. The Kier molecular flexibility index (Phi) is 4.64. The first kappa shape index (κ1) is 14.8. The first-order valence-electron chi connectivity index (χ1n) is 7.66. The molecule has 2 nitrogen and oxygen atoms in total. The maximum absolute atomic E-state index is 12.0. The molecule has 0 fully saturated rings. The Labute approximate surface area is 121 Å². The number of fused-ring (bicyclic) bond motifs is 1. The van der Waals surface area contributed by atoms with Crippen molar-refractivity contribution in [3.8, 4) is 0 Å². The van der Waals surface area contributed by atoms with Gasteiger partial charge >= 0.3 is 5.97 Å². The van der Waals surface area contributed by atoms with Crippen LogP contribution in [0.25, 0.3) is 6.08 Å². The van der Waals surface area contributed by atoms with Crippen molar-refractivity contribution in [3.63, 3.8) is 0 Å². The Morgan fingerprint density at radius 1 is 1.30 bits per heavy atom. The van der Waals surface area contributed by atoms with Gasteiger partial charge in [-0.1, -0.05) is 75.9 Å². The summed E-state index contributed by atoms with van der Waals surface area (Å²) in [6.45, 7) is 4.35. The predicted molar refractivity (Wildman–Crippen MR) is 82.7 cm³/mol. The molecular formula is C18H24O2. The zero-order valence-electron chi connectivity index (χ0n) is 12.4. The Morgan fingerprint density at radius 3 is 2.70 bits per heavy atom. The molecule has 1 aromatic carbocycles. The van der Waals surface area contributed by atoms with Crippen molar-refractivity contribution in [1.82, 2.24) is 0 Å². The van der Waals surface area contributed by atoms with E-state index in [0.717, 1.165) is 24.0 Å². The number of unbranched alkanes of at least 4 members (excludes halogenated alkanes) is 1. The number of carboxylic acids is 1. The number of hydrogen-bond acceptors (Lipinski definition) is 1. The van der Waals surface area contributed by atoms with E-state index in [2.05, 4.69) is 13.8 Å². The second kappa shape index (κ2) is 6.25. The Balaban J connectivity index is 2.29. The first-order chi connectivity index (χ1) is 9.64. The molecule has 0 spiro atoms. The van der Waals surface area contributed by atoms with Crippen molar-refractivity contribution in [3.05, 3.63) is 41.5 Å². The molecule has 1 N–H and O–H groups in total. The Bertz CT molecular complexity index is 504. The number of hydrogen-bond donors (Lipinski definition) is 1. The van der Waals surface area contributed by atoms with Crippen LogP contribution in [-0.4, -0.2) is 11.1 Å². The van der Waals surface area contributed by atoms with Crippen LogP contribution in [0.4, 0.5) is 0 Å². The molecule has 0 saturated heterocycles. The summed E-state index contributed by atoms with van der Waals surface area (Å²) in [6, 6.07) is 7.88. The summed E-state index contributed by atoms with van der Waals surface area (Å²) in [4.78, 5) is 12.0. The zero-order chi connectivity index (χ0) is 14.6. The molecule has 0 bridgehead atoms. The zero-order valence-corrected chi connectivity index (χ0v) is 12.4. The summed E-state index contributed by atoms with van der Waals surface area (Å²) in [5.41, 5.74) is 1.20. The van der Waals surface area contributed by atoms with Crippen LogP contribution in [0.1, 0.15) is 57.1 Å². The van der Waals surface area contributed by atoms with E-state index >= 15 is 0 Å². The van der Waals surface area contributed by atoms with Gasteiger partial charge in [0.05, 0.1) is 0 Å². The summed E-state index contributed by atoms with van der Waals surface area (Å²) in [5.74, 6) is -0.240. The largest absolute Gasteiger partial charge is 0.480 e. The lowest BCUT2D eigenvalue weighted by molar-refractivity contribution is -0.142. The molecule has 0 aliphatic heterocycles. The molecule has 108 valence electrons. The van der Waals surface area contributed by atoms with Gasteiger partial charge in [0.25, 0.3) is 0 Å². The number of rotatable bonds is 7. The fraction of sp³-hybridized carbons (Fsp3) is 0.500. The van der Waals surface area contributed by atoms with E-state index in [1.54, 1.807) is 0 Å². The van der Waals surface area contributed by atoms with E-state index in [4.69, 9.17) is 0 Å². The van der Waals surface area contributed by atoms with E-state index < -0.39 is 11.4 Å². The van der Waals surface area contributed by atoms with E-state index in [-0.39, 0.29) is 0 Å². The topological polar surface area (TPSA) is 37.3 Å². The van der Waals surface area contributed by atoms with E-state index in [9.17, 15) is 9.90 Å². The highest BCUT2D eigenvalue weighted by Crippen LogP contribution is 2.42. The smallest absolute Gasteiger partial charge is 0.318 e. The van der Waals surface area contributed by atoms with Gasteiger partial charge in [-0.25, -0.2) is 0 Å².